The van der Waals surface area contributed by atoms with Crippen LogP contribution in [0.15, 0.2) is 18.2 Å². The fraction of sp³-hybridized carbons (Fsp3) is 0.333. The van der Waals surface area contributed by atoms with Crippen molar-refractivity contribution in [3.8, 4) is 0 Å². The summed E-state index contributed by atoms with van der Waals surface area (Å²) < 4.78 is 0.900. The summed E-state index contributed by atoms with van der Waals surface area (Å²) in [6, 6.07) is 4.97. The van der Waals surface area contributed by atoms with Crippen LogP contribution in [0.4, 0.5) is 5.69 Å². The highest BCUT2D eigenvalue weighted by Crippen LogP contribution is 2.29. The monoisotopic (exact) mass is 360 g/mol. The highest BCUT2D eigenvalue weighted by molar-refractivity contribution is 14.1. The third-order valence-corrected chi connectivity index (χ3v) is 3.69. The minimum Gasteiger partial charge on any atom is -0.478 e. The van der Waals surface area contributed by atoms with Crippen LogP contribution in [0.25, 0.3) is 0 Å². The lowest BCUT2D eigenvalue weighted by atomic mass is 10.1. The number of halogens is 1. The average Bonchev–Trinajstić information content (AvgIpc) is 2.70. The van der Waals surface area contributed by atoms with Crippen molar-refractivity contribution in [2.75, 3.05) is 18.0 Å². The molecule has 1 fully saturated rings. The maximum absolute atomic E-state index is 11.9. The number of nitrogens with zero attached hydrogens (tertiary/aromatic N) is 1. The van der Waals surface area contributed by atoms with Crippen molar-refractivity contribution >= 4 is 40.2 Å². The minimum absolute atomic E-state index is 0.0602. The Morgan fingerprint density at radius 2 is 2.28 bits per heavy atom. The first-order chi connectivity index (χ1) is 8.52. The van der Waals surface area contributed by atoms with Crippen LogP contribution in [0.2, 0.25) is 0 Å². The van der Waals surface area contributed by atoms with E-state index in [4.69, 9.17) is 10.8 Å². The third-order valence-electron chi connectivity index (χ3n) is 3.02. The molecule has 0 aromatic heterocycles. The van der Waals surface area contributed by atoms with Crippen LogP contribution in [0.5, 0.6) is 0 Å². The first-order valence-corrected chi connectivity index (χ1v) is 6.64. The SMILES string of the molecule is NCC1CC(=O)N(c2cc(I)ccc2C(=O)O)C1. The molecule has 1 aliphatic heterocycles. The van der Waals surface area contributed by atoms with Crippen molar-refractivity contribution in [3.63, 3.8) is 0 Å². The van der Waals surface area contributed by atoms with E-state index in [-0.39, 0.29) is 17.4 Å². The Bertz CT molecular complexity index is 504. The van der Waals surface area contributed by atoms with Crippen molar-refractivity contribution in [2.24, 2.45) is 11.7 Å². The summed E-state index contributed by atoms with van der Waals surface area (Å²) in [7, 11) is 0. The summed E-state index contributed by atoms with van der Waals surface area (Å²) >= 11 is 2.10. The molecule has 1 atom stereocenters. The number of amides is 1. The molecule has 1 heterocycles. The van der Waals surface area contributed by atoms with E-state index in [0.29, 0.717) is 25.2 Å². The summed E-state index contributed by atoms with van der Waals surface area (Å²) in [5.41, 5.74) is 6.19. The number of benzene rings is 1. The Balaban J connectivity index is 2.41. The van der Waals surface area contributed by atoms with E-state index in [1.165, 1.54) is 11.0 Å². The van der Waals surface area contributed by atoms with Crippen molar-refractivity contribution in [3.05, 3.63) is 27.3 Å². The van der Waals surface area contributed by atoms with Gasteiger partial charge in [-0.2, -0.15) is 0 Å². The highest BCUT2D eigenvalue weighted by atomic mass is 127. The number of hydrogen-bond donors (Lipinski definition) is 2. The van der Waals surface area contributed by atoms with Crippen LogP contribution in [-0.2, 0) is 4.79 Å². The van der Waals surface area contributed by atoms with Gasteiger partial charge < -0.3 is 15.7 Å². The van der Waals surface area contributed by atoms with E-state index in [1.807, 2.05) is 0 Å². The Labute approximate surface area is 118 Å². The average molecular weight is 360 g/mol. The Morgan fingerprint density at radius 3 is 2.83 bits per heavy atom. The number of anilines is 1. The third kappa shape index (κ3) is 2.49. The van der Waals surface area contributed by atoms with E-state index >= 15 is 0 Å². The van der Waals surface area contributed by atoms with Crippen LogP contribution in [0.1, 0.15) is 16.8 Å². The quantitative estimate of drug-likeness (QED) is 0.796. The van der Waals surface area contributed by atoms with Crippen LogP contribution in [0.3, 0.4) is 0 Å². The van der Waals surface area contributed by atoms with E-state index in [2.05, 4.69) is 22.6 Å². The topological polar surface area (TPSA) is 83.6 Å². The van der Waals surface area contributed by atoms with Gasteiger partial charge in [0, 0.05) is 16.5 Å². The van der Waals surface area contributed by atoms with Gasteiger partial charge in [-0.05, 0) is 53.3 Å². The Kier molecular flexibility index (Phi) is 3.86. The van der Waals surface area contributed by atoms with E-state index < -0.39 is 5.97 Å². The van der Waals surface area contributed by atoms with Crippen LogP contribution in [-0.4, -0.2) is 30.1 Å². The van der Waals surface area contributed by atoms with E-state index in [9.17, 15) is 9.59 Å². The molecule has 3 N–H and O–H groups in total. The summed E-state index contributed by atoms with van der Waals surface area (Å²) in [6.45, 7) is 0.935. The summed E-state index contributed by atoms with van der Waals surface area (Å²) in [5.74, 6) is -0.975. The van der Waals surface area contributed by atoms with Crippen LogP contribution in [0, 0.1) is 9.49 Å². The minimum atomic E-state index is -1.02. The van der Waals surface area contributed by atoms with Crippen molar-refractivity contribution < 1.29 is 14.7 Å². The zero-order valence-electron chi connectivity index (χ0n) is 9.60. The van der Waals surface area contributed by atoms with Gasteiger partial charge in [0.2, 0.25) is 5.91 Å². The second kappa shape index (κ2) is 5.23. The van der Waals surface area contributed by atoms with Gasteiger partial charge >= 0.3 is 5.97 Å². The first kappa shape index (κ1) is 13.3. The molecule has 1 aromatic carbocycles. The van der Waals surface area contributed by atoms with Crippen LogP contribution < -0.4 is 10.6 Å². The lowest BCUT2D eigenvalue weighted by Crippen LogP contribution is -2.27. The van der Waals surface area contributed by atoms with Gasteiger partial charge in [0.1, 0.15) is 0 Å². The maximum atomic E-state index is 11.9. The molecule has 0 saturated carbocycles. The number of rotatable bonds is 3. The predicted octanol–water partition coefficient (Wildman–Crippen LogP) is 1.30. The number of carbonyl (C=O) groups excluding carboxylic acids is 1. The summed E-state index contributed by atoms with van der Waals surface area (Å²) in [4.78, 5) is 24.6. The lowest BCUT2D eigenvalue weighted by Gasteiger charge is -2.19. The van der Waals surface area contributed by atoms with E-state index in [1.54, 1.807) is 12.1 Å². The van der Waals surface area contributed by atoms with Gasteiger partial charge in [0.25, 0.3) is 0 Å². The molecule has 2 rings (SSSR count). The van der Waals surface area contributed by atoms with Gasteiger partial charge in [-0.3, -0.25) is 4.79 Å². The molecule has 18 heavy (non-hydrogen) atoms. The molecule has 6 heteroatoms. The van der Waals surface area contributed by atoms with Crippen LogP contribution >= 0.6 is 22.6 Å². The predicted molar refractivity (Wildman–Crippen MR) is 75.6 cm³/mol. The second-order valence-corrected chi connectivity index (χ2v) is 5.52. The molecule has 1 amide bonds. The molecule has 0 bridgehead atoms. The fourth-order valence-corrected chi connectivity index (χ4v) is 2.56. The number of nitrogens with two attached hydrogens (primary N) is 1. The second-order valence-electron chi connectivity index (χ2n) is 4.28. The molecule has 96 valence electrons. The van der Waals surface area contributed by atoms with Gasteiger partial charge in [-0.1, -0.05) is 0 Å². The number of carboxylic acid groups (broad SMARTS) is 1. The Hall–Kier alpha value is -1.15. The standard InChI is InChI=1S/C12H13IN2O3/c13-8-1-2-9(12(17)18)10(4-8)15-6-7(5-14)3-11(15)16/h1-2,4,7H,3,5-6,14H2,(H,17,18). The van der Waals surface area contributed by atoms with Gasteiger partial charge in [-0.25, -0.2) is 4.79 Å². The van der Waals surface area contributed by atoms with Crippen molar-refractivity contribution in [1.82, 2.24) is 0 Å². The number of carboxylic acids is 1. The largest absolute Gasteiger partial charge is 0.478 e. The molecule has 0 aliphatic carbocycles. The fourth-order valence-electron chi connectivity index (χ4n) is 2.08. The van der Waals surface area contributed by atoms with Gasteiger partial charge in [-0.15, -0.1) is 0 Å². The van der Waals surface area contributed by atoms with Crippen molar-refractivity contribution in [2.45, 2.75) is 6.42 Å². The zero-order valence-corrected chi connectivity index (χ0v) is 11.8. The van der Waals surface area contributed by atoms with Gasteiger partial charge in [0.05, 0.1) is 11.3 Å². The summed E-state index contributed by atoms with van der Waals surface area (Å²) in [5, 5.41) is 9.16. The number of hydrogen-bond acceptors (Lipinski definition) is 3. The maximum Gasteiger partial charge on any atom is 0.337 e. The molecule has 5 nitrogen and oxygen atoms in total. The molecule has 1 aromatic rings. The van der Waals surface area contributed by atoms with Crippen molar-refractivity contribution in [1.29, 1.82) is 0 Å². The first-order valence-electron chi connectivity index (χ1n) is 5.56. The molecule has 0 spiro atoms. The molecule has 0 radical (unpaired) electrons. The molecular weight excluding hydrogens is 347 g/mol. The molecular formula is C12H13IN2O3. The smallest absolute Gasteiger partial charge is 0.337 e. The molecule has 1 saturated heterocycles. The number of carbonyl (C=O) groups is 2. The Morgan fingerprint density at radius 1 is 1.56 bits per heavy atom. The number of aromatic carboxylic acids is 1. The molecule has 1 unspecified atom stereocenters. The summed E-state index contributed by atoms with van der Waals surface area (Å²) in [6.07, 6.45) is 0.390. The zero-order chi connectivity index (χ0) is 13.3. The normalized spacial score (nSPS) is 19.3. The highest BCUT2D eigenvalue weighted by Gasteiger charge is 2.31. The van der Waals surface area contributed by atoms with Gasteiger partial charge in [0.15, 0.2) is 0 Å². The molecule has 1 aliphatic rings. The van der Waals surface area contributed by atoms with E-state index in [0.717, 1.165) is 3.57 Å². The lowest BCUT2D eigenvalue weighted by molar-refractivity contribution is -0.117.